The standard InChI is InChI=1S/C21H26N4O4/c1-15(26)22-16-7-8-20(29-2)17(13-16)23-21(28)14-24-9-11-25(12-10-24)18-5-3-4-6-19(18)27/h3-8,13,27H,9-12,14H2,1-2H3,(H,22,26)(H,23,28). The lowest BCUT2D eigenvalue weighted by Crippen LogP contribution is -2.48. The van der Waals surface area contributed by atoms with Crippen molar-refractivity contribution in [1.29, 1.82) is 0 Å². The lowest BCUT2D eigenvalue weighted by molar-refractivity contribution is -0.117. The maximum Gasteiger partial charge on any atom is 0.238 e. The number of nitrogens with one attached hydrogen (secondary N) is 2. The van der Waals surface area contributed by atoms with Crippen molar-refractivity contribution in [2.45, 2.75) is 6.92 Å². The van der Waals surface area contributed by atoms with E-state index in [9.17, 15) is 14.7 Å². The van der Waals surface area contributed by atoms with Gasteiger partial charge in [0.05, 0.1) is 25.0 Å². The number of hydrogen-bond donors (Lipinski definition) is 3. The summed E-state index contributed by atoms with van der Waals surface area (Å²) >= 11 is 0. The number of para-hydroxylation sites is 2. The average molecular weight is 398 g/mol. The number of anilines is 3. The van der Waals surface area contributed by atoms with Gasteiger partial charge < -0.3 is 25.4 Å². The molecule has 0 aromatic heterocycles. The maximum absolute atomic E-state index is 12.5. The van der Waals surface area contributed by atoms with Crippen LogP contribution >= 0.6 is 0 Å². The second-order valence-electron chi connectivity index (χ2n) is 6.90. The predicted octanol–water partition coefficient (Wildman–Crippen LogP) is 2.12. The van der Waals surface area contributed by atoms with Crippen LogP contribution in [-0.2, 0) is 9.59 Å². The van der Waals surface area contributed by atoms with Gasteiger partial charge in [0.15, 0.2) is 0 Å². The minimum atomic E-state index is -0.185. The van der Waals surface area contributed by atoms with Crippen molar-refractivity contribution in [1.82, 2.24) is 4.90 Å². The van der Waals surface area contributed by atoms with Crippen LogP contribution in [0.15, 0.2) is 42.5 Å². The van der Waals surface area contributed by atoms with E-state index in [2.05, 4.69) is 20.4 Å². The Morgan fingerprint density at radius 1 is 1.07 bits per heavy atom. The first-order chi connectivity index (χ1) is 14.0. The number of amides is 2. The minimum Gasteiger partial charge on any atom is -0.506 e. The van der Waals surface area contributed by atoms with Crippen molar-refractivity contribution in [3.05, 3.63) is 42.5 Å². The van der Waals surface area contributed by atoms with E-state index in [-0.39, 0.29) is 24.1 Å². The van der Waals surface area contributed by atoms with E-state index in [1.165, 1.54) is 14.0 Å². The van der Waals surface area contributed by atoms with Gasteiger partial charge in [-0.3, -0.25) is 14.5 Å². The quantitative estimate of drug-likeness (QED) is 0.690. The molecule has 2 aromatic carbocycles. The summed E-state index contributed by atoms with van der Waals surface area (Å²) in [7, 11) is 1.53. The number of carbonyl (C=O) groups is 2. The summed E-state index contributed by atoms with van der Waals surface area (Å²) in [4.78, 5) is 28.0. The van der Waals surface area contributed by atoms with E-state index < -0.39 is 0 Å². The third-order valence-corrected chi connectivity index (χ3v) is 4.76. The molecule has 3 N–H and O–H groups in total. The van der Waals surface area contributed by atoms with Crippen molar-refractivity contribution in [2.75, 3.05) is 55.4 Å². The third-order valence-electron chi connectivity index (χ3n) is 4.76. The van der Waals surface area contributed by atoms with Gasteiger partial charge in [0, 0.05) is 38.8 Å². The van der Waals surface area contributed by atoms with Gasteiger partial charge in [0.1, 0.15) is 11.5 Å². The van der Waals surface area contributed by atoms with Gasteiger partial charge in [0.2, 0.25) is 11.8 Å². The van der Waals surface area contributed by atoms with E-state index in [4.69, 9.17) is 4.74 Å². The van der Waals surface area contributed by atoms with Crippen molar-refractivity contribution in [3.63, 3.8) is 0 Å². The molecule has 1 fully saturated rings. The summed E-state index contributed by atoms with van der Waals surface area (Å²) in [5, 5.41) is 15.6. The Labute approximate surface area is 170 Å². The van der Waals surface area contributed by atoms with Crippen LogP contribution in [-0.4, -0.2) is 61.7 Å². The summed E-state index contributed by atoms with van der Waals surface area (Å²) in [6.45, 7) is 4.56. The first-order valence-electron chi connectivity index (χ1n) is 9.47. The summed E-state index contributed by atoms with van der Waals surface area (Å²) in [6, 6.07) is 12.4. The highest BCUT2D eigenvalue weighted by Gasteiger charge is 2.21. The number of benzene rings is 2. The second kappa shape index (κ2) is 9.29. The Morgan fingerprint density at radius 2 is 1.79 bits per heavy atom. The summed E-state index contributed by atoms with van der Waals surface area (Å²) in [5.74, 6) is 0.454. The molecule has 0 radical (unpaired) electrons. The van der Waals surface area contributed by atoms with Gasteiger partial charge in [-0.05, 0) is 30.3 Å². The van der Waals surface area contributed by atoms with Crippen LogP contribution in [0.3, 0.4) is 0 Å². The molecule has 2 amide bonds. The smallest absolute Gasteiger partial charge is 0.238 e. The van der Waals surface area contributed by atoms with Crippen LogP contribution in [0.2, 0.25) is 0 Å². The zero-order valence-electron chi connectivity index (χ0n) is 16.6. The SMILES string of the molecule is COc1ccc(NC(C)=O)cc1NC(=O)CN1CCN(c2ccccc2O)CC1. The maximum atomic E-state index is 12.5. The van der Waals surface area contributed by atoms with E-state index >= 15 is 0 Å². The van der Waals surface area contributed by atoms with Crippen molar-refractivity contribution in [2.24, 2.45) is 0 Å². The number of piperazine rings is 1. The molecular weight excluding hydrogens is 372 g/mol. The molecule has 0 atom stereocenters. The highest BCUT2D eigenvalue weighted by Crippen LogP contribution is 2.29. The van der Waals surface area contributed by atoms with E-state index in [1.807, 2.05) is 12.1 Å². The molecule has 154 valence electrons. The number of rotatable bonds is 6. The summed E-state index contributed by atoms with van der Waals surface area (Å²) in [6.07, 6.45) is 0. The average Bonchev–Trinajstić information content (AvgIpc) is 2.69. The Kier molecular flexibility index (Phi) is 6.56. The van der Waals surface area contributed by atoms with Crippen LogP contribution in [0.5, 0.6) is 11.5 Å². The molecule has 0 aliphatic carbocycles. The zero-order valence-corrected chi connectivity index (χ0v) is 16.6. The predicted molar refractivity (Wildman–Crippen MR) is 113 cm³/mol. The Bertz CT molecular complexity index is 879. The molecule has 0 spiro atoms. The second-order valence-corrected chi connectivity index (χ2v) is 6.90. The molecule has 2 aromatic rings. The molecule has 0 unspecified atom stereocenters. The molecule has 1 heterocycles. The number of phenolic OH excluding ortho intramolecular Hbond substituents is 1. The van der Waals surface area contributed by atoms with E-state index in [0.717, 1.165) is 18.8 Å². The van der Waals surface area contributed by atoms with Gasteiger partial charge in [-0.1, -0.05) is 12.1 Å². The van der Waals surface area contributed by atoms with E-state index in [1.54, 1.807) is 30.3 Å². The number of phenols is 1. The fourth-order valence-electron chi connectivity index (χ4n) is 3.36. The van der Waals surface area contributed by atoms with Crippen LogP contribution in [0.1, 0.15) is 6.92 Å². The first kappa shape index (κ1) is 20.5. The molecule has 8 nitrogen and oxygen atoms in total. The van der Waals surface area contributed by atoms with Gasteiger partial charge in [-0.15, -0.1) is 0 Å². The largest absolute Gasteiger partial charge is 0.506 e. The van der Waals surface area contributed by atoms with Crippen LogP contribution in [0, 0.1) is 0 Å². The van der Waals surface area contributed by atoms with Crippen LogP contribution in [0.25, 0.3) is 0 Å². The molecule has 1 aliphatic rings. The lowest BCUT2D eigenvalue weighted by Gasteiger charge is -2.35. The number of carbonyl (C=O) groups excluding carboxylic acids is 2. The zero-order chi connectivity index (χ0) is 20.8. The Hall–Kier alpha value is -3.26. The fraction of sp³-hybridized carbons (Fsp3) is 0.333. The third kappa shape index (κ3) is 5.39. The highest BCUT2D eigenvalue weighted by molar-refractivity contribution is 5.95. The molecule has 0 bridgehead atoms. The molecule has 1 aliphatic heterocycles. The molecular formula is C21H26N4O4. The molecule has 1 saturated heterocycles. The van der Waals surface area contributed by atoms with Gasteiger partial charge in [-0.2, -0.15) is 0 Å². The lowest BCUT2D eigenvalue weighted by atomic mass is 10.2. The summed E-state index contributed by atoms with van der Waals surface area (Å²) in [5.41, 5.74) is 1.91. The molecule has 29 heavy (non-hydrogen) atoms. The number of aromatic hydroxyl groups is 1. The number of methoxy groups -OCH3 is 1. The van der Waals surface area contributed by atoms with Gasteiger partial charge >= 0.3 is 0 Å². The van der Waals surface area contributed by atoms with Crippen molar-refractivity contribution in [3.8, 4) is 11.5 Å². The van der Waals surface area contributed by atoms with Crippen molar-refractivity contribution >= 4 is 28.9 Å². The minimum absolute atomic E-state index is 0.153. The number of ether oxygens (including phenoxy) is 1. The molecule has 8 heteroatoms. The molecule has 0 saturated carbocycles. The number of hydrogen-bond acceptors (Lipinski definition) is 6. The van der Waals surface area contributed by atoms with Gasteiger partial charge in [-0.25, -0.2) is 0 Å². The highest BCUT2D eigenvalue weighted by atomic mass is 16.5. The monoisotopic (exact) mass is 398 g/mol. The van der Waals surface area contributed by atoms with Crippen LogP contribution < -0.4 is 20.3 Å². The number of nitrogens with zero attached hydrogens (tertiary/aromatic N) is 2. The van der Waals surface area contributed by atoms with E-state index in [0.29, 0.717) is 30.2 Å². The fourth-order valence-corrected chi connectivity index (χ4v) is 3.36. The first-order valence-corrected chi connectivity index (χ1v) is 9.47. The Morgan fingerprint density at radius 3 is 2.45 bits per heavy atom. The van der Waals surface area contributed by atoms with Gasteiger partial charge in [0.25, 0.3) is 0 Å². The van der Waals surface area contributed by atoms with Crippen LogP contribution in [0.4, 0.5) is 17.1 Å². The normalized spacial score (nSPS) is 14.3. The molecule has 3 rings (SSSR count). The Balaban J connectivity index is 1.56. The summed E-state index contributed by atoms with van der Waals surface area (Å²) < 4.78 is 5.30. The topological polar surface area (TPSA) is 94.1 Å². The van der Waals surface area contributed by atoms with Crippen molar-refractivity contribution < 1.29 is 19.4 Å².